The van der Waals surface area contributed by atoms with Gasteiger partial charge in [0.1, 0.15) is 6.20 Å². The van der Waals surface area contributed by atoms with Crippen LogP contribution >= 0.6 is 11.2 Å². The van der Waals surface area contributed by atoms with Gasteiger partial charge in [0.2, 0.25) is 5.82 Å². The van der Waals surface area contributed by atoms with Crippen molar-refractivity contribution in [2.24, 2.45) is 7.05 Å². The Morgan fingerprint density at radius 3 is 2.95 bits per heavy atom. The molecule has 0 saturated carbocycles. The van der Waals surface area contributed by atoms with Crippen molar-refractivity contribution in [2.45, 2.75) is 26.8 Å². The largest absolute Gasteiger partial charge is 0.396 e. The molecule has 0 amide bonds. The van der Waals surface area contributed by atoms with Crippen LogP contribution in [-0.4, -0.2) is 21.6 Å². The predicted octanol–water partition coefficient (Wildman–Crippen LogP) is 0.876. The quantitative estimate of drug-likeness (QED) is 0.803. The van der Waals surface area contributed by atoms with E-state index in [2.05, 4.69) is 10.3 Å². The standard InChI is InChI=1S/C13H18N4OS/c1-9-12(4-5-18)19-8-17(9)7-11-6-16(3)10(2)15-13(11)14/h6,14,18H,4-5,7H2,1-3H3/p+1. The molecule has 0 bridgehead atoms. The van der Waals surface area contributed by atoms with E-state index in [0.29, 0.717) is 18.8 Å². The molecular formula is C13H19N4OS+. The zero-order chi connectivity index (χ0) is 14.0. The van der Waals surface area contributed by atoms with Crippen molar-refractivity contribution in [1.82, 2.24) is 9.88 Å². The molecule has 5 nitrogen and oxygen atoms in total. The number of nitrogen functional groups attached to an aromatic ring is 1. The SMILES string of the molecule is CC1=C(CCO)S#CN1Cc1c[n+](C)c(C)nc1N. The molecule has 102 valence electrons. The highest BCUT2D eigenvalue weighted by atomic mass is 32.1. The number of allylic oxidation sites excluding steroid dienone is 1. The minimum absolute atomic E-state index is 0.165. The maximum Gasteiger partial charge on any atom is 0.297 e. The molecule has 3 N–H and O–H groups in total. The molecule has 1 aromatic rings. The molecule has 1 aliphatic heterocycles. The topological polar surface area (TPSA) is 66.3 Å². The first-order chi connectivity index (χ1) is 9.02. The van der Waals surface area contributed by atoms with E-state index in [1.165, 1.54) is 0 Å². The number of aliphatic hydroxyl groups excluding tert-OH is 1. The van der Waals surface area contributed by atoms with E-state index >= 15 is 0 Å². The van der Waals surface area contributed by atoms with Crippen molar-refractivity contribution in [3.63, 3.8) is 0 Å². The van der Waals surface area contributed by atoms with Crippen LogP contribution in [0.3, 0.4) is 0 Å². The summed E-state index contributed by atoms with van der Waals surface area (Å²) in [6.45, 7) is 4.78. The summed E-state index contributed by atoms with van der Waals surface area (Å²) in [5.41, 5.74) is 8.07. The minimum Gasteiger partial charge on any atom is -0.396 e. The Bertz CT molecular complexity index is 601. The van der Waals surface area contributed by atoms with Gasteiger partial charge in [-0.05, 0) is 11.9 Å². The van der Waals surface area contributed by atoms with Crippen LogP contribution in [0.2, 0.25) is 0 Å². The number of nitrogens with zero attached hydrogens (tertiary/aromatic N) is 3. The molecule has 0 saturated heterocycles. The molecule has 0 aromatic carbocycles. The zero-order valence-corrected chi connectivity index (χ0v) is 12.3. The number of aryl methyl sites for hydroxylation is 2. The van der Waals surface area contributed by atoms with E-state index in [4.69, 9.17) is 10.8 Å². The molecule has 0 atom stereocenters. The second kappa shape index (κ2) is 5.57. The number of hydrogen-bond donors (Lipinski definition) is 2. The number of aromatic nitrogens is 2. The second-order valence-electron chi connectivity index (χ2n) is 4.57. The molecular weight excluding hydrogens is 260 g/mol. The average molecular weight is 279 g/mol. The van der Waals surface area contributed by atoms with Gasteiger partial charge >= 0.3 is 0 Å². The fourth-order valence-corrected chi connectivity index (χ4v) is 2.77. The van der Waals surface area contributed by atoms with E-state index in [1.54, 1.807) is 11.2 Å². The summed E-state index contributed by atoms with van der Waals surface area (Å²) in [6, 6.07) is 0. The highest BCUT2D eigenvalue weighted by molar-refractivity contribution is 7.92. The van der Waals surface area contributed by atoms with Crippen molar-refractivity contribution in [1.29, 1.82) is 0 Å². The van der Waals surface area contributed by atoms with Gasteiger partial charge in [-0.1, -0.05) is 11.2 Å². The number of hydrogen-bond acceptors (Lipinski definition) is 4. The zero-order valence-electron chi connectivity index (χ0n) is 11.5. The van der Waals surface area contributed by atoms with Crippen LogP contribution in [0.4, 0.5) is 5.82 Å². The van der Waals surface area contributed by atoms with E-state index in [0.717, 1.165) is 22.0 Å². The van der Waals surface area contributed by atoms with Crippen molar-refractivity contribution in [2.75, 3.05) is 12.3 Å². The Morgan fingerprint density at radius 2 is 2.26 bits per heavy atom. The number of rotatable bonds is 4. The lowest BCUT2D eigenvalue weighted by atomic mass is 10.2. The summed E-state index contributed by atoms with van der Waals surface area (Å²) < 4.78 is 1.96. The third kappa shape index (κ3) is 2.87. The van der Waals surface area contributed by atoms with E-state index in [-0.39, 0.29) is 6.61 Å². The molecule has 2 rings (SSSR count). The molecule has 19 heavy (non-hydrogen) atoms. The summed E-state index contributed by atoms with van der Waals surface area (Å²) in [5, 5.41) is 12.2. The van der Waals surface area contributed by atoms with Crippen LogP contribution in [0.1, 0.15) is 24.7 Å². The van der Waals surface area contributed by atoms with Crippen molar-refractivity contribution in [3.05, 3.63) is 28.2 Å². The van der Waals surface area contributed by atoms with Crippen LogP contribution < -0.4 is 10.3 Å². The maximum atomic E-state index is 9.00. The predicted molar refractivity (Wildman–Crippen MR) is 76.0 cm³/mol. The first-order valence-corrected chi connectivity index (χ1v) is 6.97. The summed E-state index contributed by atoms with van der Waals surface area (Å²) in [6.07, 6.45) is 2.68. The Kier molecular flexibility index (Phi) is 4.04. The van der Waals surface area contributed by atoms with Crippen molar-refractivity contribution in [3.8, 4) is 5.31 Å². The fraction of sp³-hybridized carbons (Fsp3) is 0.462. The normalized spacial score (nSPS) is 14.2. The number of anilines is 1. The monoisotopic (exact) mass is 279 g/mol. The highest BCUT2D eigenvalue weighted by Crippen LogP contribution is 2.26. The van der Waals surface area contributed by atoms with Gasteiger partial charge in [0.15, 0.2) is 0 Å². The van der Waals surface area contributed by atoms with Crippen LogP contribution in [0.5, 0.6) is 0 Å². The van der Waals surface area contributed by atoms with Gasteiger partial charge in [0.25, 0.3) is 5.82 Å². The number of aliphatic hydroxyl groups is 1. The van der Waals surface area contributed by atoms with Gasteiger partial charge in [-0.3, -0.25) is 4.90 Å². The van der Waals surface area contributed by atoms with E-state index in [1.807, 2.05) is 36.6 Å². The minimum atomic E-state index is 0.165. The summed E-state index contributed by atoms with van der Waals surface area (Å²) >= 11 is 1.54. The van der Waals surface area contributed by atoms with E-state index in [9.17, 15) is 0 Å². The Labute approximate surface area is 117 Å². The van der Waals surface area contributed by atoms with Crippen molar-refractivity contribution >= 4 is 17.0 Å². The molecule has 1 aromatic heterocycles. The Morgan fingerprint density at radius 1 is 1.53 bits per heavy atom. The molecule has 0 aliphatic carbocycles. The highest BCUT2D eigenvalue weighted by Gasteiger charge is 2.18. The number of nitrogens with two attached hydrogens (primary N) is 1. The van der Waals surface area contributed by atoms with Crippen molar-refractivity contribution < 1.29 is 9.67 Å². The van der Waals surface area contributed by atoms with E-state index < -0.39 is 0 Å². The first-order valence-electron chi connectivity index (χ1n) is 6.15. The third-order valence-corrected chi connectivity index (χ3v) is 4.28. The van der Waals surface area contributed by atoms with Gasteiger partial charge in [0, 0.05) is 35.9 Å². The van der Waals surface area contributed by atoms with Gasteiger partial charge in [-0.25, -0.2) is 4.57 Å². The molecule has 0 unspecified atom stereocenters. The van der Waals surface area contributed by atoms with Gasteiger partial charge < -0.3 is 10.8 Å². The lowest BCUT2D eigenvalue weighted by Crippen LogP contribution is -2.34. The van der Waals surface area contributed by atoms with Crippen LogP contribution in [0.15, 0.2) is 16.8 Å². The summed E-state index contributed by atoms with van der Waals surface area (Å²) in [5.74, 6) is 1.45. The Hall–Kier alpha value is -1.62. The molecule has 0 radical (unpaired) electrons. The maximum absolute atomic E-state index is 9.00. The molecule has 1 aliphatic rings. The molecule has 2 heterocycles. The first kappa shape index (κ1) is 13.8. The van der Waals surface area contributed by atoms with Crippen LogP contribution in [-0.2, 0) is 13.6 Å². The molecule has 0 fully saturated rings. The molecule has 6 heteroatoms. The third-order valence-electron chi connectivity index (χ3n) is 3.23. The summed E-state index contributed by atoms with van der Waals surface area (Å²) in [4.78, 5) is 7.50. The van der Waals surface area contributed by atoms with Crippen LogP contribution in [0, 0.1) is 12.2 Å². The summed E-state index contributed by atoms with van der Waals surface area (Å²) in [7, 11) is 1.96. The van der Waals surface area contributed by atoms with Crippen LogP contribution in [0.25, 0.3) is 0 Å². The fourth-order valence-electron chi connectivity index (χ4n) is 1.90. The Balaban J connectivity index is 2.21. The smallest absolute Gasteiger partial charge is 0.297 e. The van der Waals surface area contributed by atoms with Gasteiger partial charge in [-0.2, -0.15) is 0 Å². The van der Waals surface area contributed by atoms with Gasteiger partial charge in [-0.15, -0.1) is 0 Å². The molecule has 0 spiro atoms. The van der Waals surface area contributed by atoms with Gasteiger partial charge in [0.05, 0.1) is 19.2 Å². The average Bonchev–Trinajstić information content (AvgIpc) is 2.69. The lowest BCUT2D eigenvalue weighted by Gasteiger charge is -2.16. The lowest BCUT2D eigenvalue weighted by molar-refractivity contribution is -0.681. The second-order valence-corrected chi connectivity index (χ2v) is 5.45.